The van der Waals surface area contributed by atoms with Crippen molar-refractivity contribution in [2.45, 2.75) is 33.0 Å². The Morgan fingerprint density at radius 3 is 2.50 bits per heavy atom. The minimum atomic E-state index is -4.21. The Balaban J connectivity index is 2.79. The molecule has 20 heavy (non-hydrogen) atoms. The molecule has 0 heterocycles. The van der Waals surface area contributed by atoms with E-state index in [-0.39, 0.29) is 12.3 Å². The van der Waals surface area contributed by atoms with E-state index in [4.69, 9.17) is 4.74 Å². The van der Waals surface area contributed by atoms with Crippen LogP contribution in [0.1, 0.15) is 25.8 Å². The third-order valence-electron chi connectivity index (χ3n) is 2.67. The zero-order chi connectivity index (χ0) is 15.2. The van der Waals surface area contributed by atoms with Crippen LogP contribution in [0.3, 0.4) is 0 Å². The molecule has 0 amide bonds. The van der Waals surface area contributed by atoms with Crippen LogP contribution in [0.15, 0.2) is 18.2 Å². The molecule has 0 bridgehead atoms. The van der Waals surface area contributed by atoms with Crippen LogP contribution in [0.5, 0.6) is 11.5 Å². The molecule has 0 aliphatic rings. The summed E-state index contributed by atoms with van der Waals surface area (Å²) in [5.74, 6) is 0.293. The van der Waals surface area contributed by atoms with Crippen LogP contribution in [0.4, 0.5) is 13.2 Å². The highest BCUT2D eigenvalue weighted by Gasteiger charge is 2.30. The Morgan fingerprint density at radius 2 is 1.95 bits per heavy atom. The molecule has 1 N–H and O–H groups in total. The number of alkyl halides is 3. The molecule has 0 saturated heterocycles. The first-order valence-corrected chi connectivity index (χ1v) is 6.59. The molecule has 0 aromatic heterocycles. The molecule has 0 unspecified atom stereocenters. The topological polar surface area (TPSA) is 32.7 Å². The van der Waals surface area contributed by atoms with Gasteiger partial charge in [-0.1, -0.05) is 13.0 Å². The fourth-order valence-electron chi connectivity index (χ4n) is 1.97. The van der Waals surface area contributed by atoms with Crippen LogP contribution < -0.4 is 4.74 Å². The maximum Gasteiger partial charge on any atom is 0.401 e. The standard InChI is InChI=1S/C14H20F3NO2/c1-3-7-18(10-14(15,16)17)9-11-5-6-12(19)13(8-11)20-4-2/h5-6,8,19H,3-4,7,9-10H2,1-2H3. The smallest absolute Gasteiger partial charge is 0.401 e. The van der Waals surface area contributed by atoms with Crippen molar-refractivity contribution in [3.05, 3.63) is 23.8 Å². The van der Waals surface area contributed by atoms with E-state index < -0.39 is 12.7 Å². The van der Waals surface area contributed by atoms with Crippen molar-refractivity contribution < 1.29 is 23.0 Å². The second-order valence-electron chi connectivity index (χ2n) is 4.56. The molecular formula is C14H20F3NO2. The van der Waals surface area contributed by atoms with Crippen molar-refractivity contribution in [3.8, 4) is 11.5 Å². The van der Waals surface area contributed by atoms with Gasteiger partial charge < -0.3 is 9.84 Å². The molecule has 0 spiro atoms. The summed E-state index contributed by atoms with van der Waals surface area (Å²) in [7, 11) is 0. The monoisotopic (exact) mass is 291 g/mol. The van der Waals surface area contributed by atoms with E-state index in [1.54, 1.807) is 19.1 Å². The molecule has 0 aliphatic carbocycles. The summed E-state index contributed by atoms with van der Waals surface area (Å²) >= 11 is 0. The lowest BCUT2D eigenvalue weighted by atomic mass is 10.2. The maximum absolute atomic E-state index is 12.5. The number of halogens is 3. The van der Waals surface area contributed by atoms with Crippen LogP contribution in [0.25, 0.3) is 0 Å². The number of hydrogen-bond acceptors (Lipinski definition) is 3. The summed E-state index contributed by atoms with van der Waals surface area (Å²) in [5.41, 5.74) is 0.684. The van der Waals surface area contributed by atoms with Gasteiger partial charge in [0, 0.05) is 6.54 Å². The average Bonchev–Trinajstić information content (AvgIpc) is 2.32. The SMILES string of the molecule is CCCN(Cc1ccc(O)c(OCC)c1)CC(F)(F)F. The van der Waals surface area contributed by atoms with Gasteiger partial charge in [-0.2, -0.15) is 13.2 Å². The number of benzene rings is 1. The number of ether oxygens (including phenoxy) is 1. The normalized spacial score (nSPS) is 11.9. The van der Waals surface area contributed by atoms with E-state index >= 15 is 0 Å². The summed E-state index contributed by atoms with van der Waals surface area (Å²) in [6.07, 6.45) is -3.57. The first-order valence-electron chi connectivity index (χ1n) is 6.59. The van der Waals surface area contributed by atoms with E-state index in [1.165, 1.54) is 11.0 Å². The zero-order valence-corrected chi connectivity index (χ0v) is 11.7. The quantitative estimate of drug-likeness (QED) is 0.833. The average molecular weight is 291 g/mol. The van der Waals surface area contributed by atoms with Gasteiger partial charge in [-0.25, -0.2) is 0 Å². The van der Waals surface area contributed by atoms with E-state index in [1.807, 2.05) is 6.92 Å². The Kier molecular flexibility index (Phi) is 6.13. The van der Waals surface area contributed by atoms with Crippen LogP contribution >= 0.6 is 0 Å². The molecule has 0 aliphatic heterocycles. The lowest BCUT2D eigenvalue weighted by molar-refractivity contribution is -0.147. The van der Waals surface area contributed by atoms with Gasteiger partial charge in [0.05, 0.1) is 13.2 Å². The molecule has 0 radical (unpaired) electrons. The molecular weight excluding hydrogens is 271 g/mol. The fraction of sp³-hybridized carbons (Fsp3) is 0.571. The largest absolute Gasteiger partial charge is 0.504 e. The van der Waals surface area contributed by atoms with Gasteiger partial charge >= 0.3 is 6.18 Å². The Labute approximate surface area is 117 Å². The van der Waals surface area contributed by atoms with Crippen LogP contribution in [0, 0.1) is 0 Å². The van der Waals surface area contributed by atoms with E-state index in [0.717, 1.165) is 0 Å². The molecule has 1 aromatic carbocycles. The summed E-state index contributed by atoms with van der Waals surface area (Å²) in [6.45, 7) is 3.60. The molecule has 3 nitrogen and oxygen atoms in total. The molecule has 0 saturated carbocycles. The van der Waals surface area contributed by atoms with Gasteiger partial charge in [-0.15, -0.1) is 0 Å². The number of phenolic OH excluding ortho intramolecular Hbond substituents is 1. The summed E-state index contributed by atoms with van der Waals surface area (Å²) in [6, 6.07) is 4.63. The van der Waals surface area contributed by atoms with Crippen molar-refractivity contribution in [3.63, 3.8) is 0 Å². The number of aromatic hydroxyl groups is 1. The van der Waals surface area contributed by atoms with E-state index in [9.17, 15) is 18.3 Å². The van der Waals surface area contributed by atoms with Gasteiger partial charge in [-0.3, -0.25) is 4.90 Å². The van der Waals surface area contributed by atoms with Crippen molar-refractivity contribution in [2.75, 3.05) is 19.7 Å². The van der Waals surface area contributed by atoms with Gasteiger partial charge in [0.25, 0.3) is 0 Å². The molecule has 0 fully saturated rings. The van der Waals surface area contributed by atoms with Crippen molar-refractivity contribution in [1.29, 1.82) is 0 Å². The highest BCUT2D eigenvalue weighted by Crippen LogP contribution is 2.28. The number of nitrogens with zero attached hydrogens (tertiary/aromatic N) is 1. The van der Waals surface area contributed by atoms with Gasteiger partial charge in [-0.05, 0) is 37.6 Å². The number of rotatable bonds is 7. The van der Waals surface area contributed by atoms with Gasteiger partial charge in [0.15, 0.2) is 11.5 Å². The number of phenols is 1. The van der Waals surface area contributed by atoms with Gasteiger partial charge in [0.2, 0.25) is 0 Å². The number of hydrogen-bond donors (Lipinski definition) is 1. The van der Waals surface area contributed by atoms with Gasteiger partial charge in [0.1, 0.15) is 0 Å². The highest BCUT2D eigenvalue weighted by molar-refractivity contribution is 5.41. The zero-order valence-electron chi connectivity index (χ0n) is 11.7. The minimum Gasteiger partial charge on any atom is -0.504 e. The van der Waals surface area contributed by atoms with Crippen LogP contribution in [0.2, 0.25) is 0 Å². The first kappa shape index (κ1) is 16.6. The highest BCUT2D eigenvalue weighted by atomic mass is 19.4. The molecule has 114 valence electrons. The lowest BCUT2D eigenvalue weighted by Gasteiger charge is -2.23. The Hall–Kier alpha value is -1.43. The van der Waals surface area contributed by atoms with Crippen molar-refractivity contribution >= 4 is 0 Å². The van der Waals surface area contributed by atoms with E-state index in [2.05, 4.69) is 0 Å². The second-order valence-corrected chi connectivity index (χ2v) is 4.56. The third kappa shape index (κ3) is 5.69. The second kappa shape index (κ2) is 7.38. The molecule has 1 rings (SSSR count). The summed E-state index contributed by atoms with van der Waals surface area (Å²) in [5, 5.41) is 9.57. The van der Waals surface area contributed by atoms with E-state index in [0.29, 0.717) is 30.9 Å². The predicted octanol–water partition coefficient (Wildman–Crippen LogP) is 3.57. The van der Waals surface area contributed by atoms with Crippen molar-refractivity contribution in [1.82, 2.24) is 4.90 Å². The fourth-order valence-corrected chi connectivity index (χ4v) is 1.97. The third-order valence-corrected chi connectivity index (χ3v) is 2.67. The van der Waals surface area contributed by atoms with Crippen molar-refractivity contribution in [2.24, 2.45) is 0 Å². The summed E-state index contributed by atoms with van der Waals surface area (Å²) < 4.78 is 42.7. The van der Waals surface area contributed by atoms with Crippen LogP contribution in [-0.2, 0) is 6.54 Å². The first-order chi connectivity index (χ1) is 9.35. The summed E-state index contributed by atoms with van der Waals surface area (Å²) in [4.78, 5) is 1.34. The predicted molar refractivity (Wildman–Crippen MR) is 70.9 cm³/mol. The molecule has 6 heteroatoms. The lowest BCUT2D eigenvalue weighted by Crippen LogP contribution is -2.34. The molecule has 1 aromatic rings. The van der Waals surface area contributed by atoms with Crippen LogP contribution in [-0.4, -0.2) is 35.9 Å². The maximum atomic E-state index is 12.5. The minimum absolute atomic E-state index is 0.00605. The molecule has 0 atom stereocenters. The Bertz CT molecular complexity index is 421. The Morgan fingerprint density at radius 1 is 1.25 bits per heavy atom.